The molecule has 0 heterocycles. The lowest BCUT2D eigenvalue weighted by Gasteiger charge is -2.00. The first-order valence-electron chi connectivity index (χ1n) is 4.10. The molecule has 0 aromatic heterocycles. The van der Waals surface area contributed by atoms with E-state index in [1.807, 2.05) is 12.1 Å². The van der Waals surface area contributed by atoms with E-state index in [-0.39, 0.29) is 0 Å². The van der Waals surface area contributed by atoms with Crippen LogP contribution in [-0.4, -0.2) is 8.42 Å². The molecule has 1 rings (SSSR count). The van der Waals surface area contributed by atoms with Crippen LogP contribution in [0.25, 0.3) is 0 Å². The van der Waals surface area contributed by atoms with Crippen molar-refractivity contribution in [2.75, 3.05) is 0 Å². The standard InChI is InChI=1S/C10H8BrClO2S2/c1-2-16(13,14)6-5-15-10-4-3-8(11)7-9(10)12/h2-7H,1H2/b6-5+. The van der Waals surface area contributed by atoms with Crippen LogP contribution in [0, 0.1) is 0 Å². The molecule has 2 nitrogen and oxygen atoms in total. The van der Waals surface area contributed by atoms with Gasteiger partial charge < -0.3 is 0 Å². The lowest BCUT2D eigenvalue weighted by Crippen LogP contribution is -1.85. The van der Waals surface area contributed by atoms with Gasteiger partial charge in [0.15, 0.2) is 9.84 Å². The Morgan fingerprint density at radius 2 is 2.12 bits per heavy atom. The van der Waals surface area contributed by atoms with E-state index in [1.54, 1.807) is 6.07 Å². The topological polar surface area (TPSA) is 34.1 Å². The lowest BCUT2D eigenvalue weighted by molar-refractivity contribution is 0.613. The molecule has 0 aliphatic heterocycles. The number of hydrogen-bond acceptors (Lipinski definition) is 3. The first kappa shape index (κ1) is 13.8. The summed E-state index contributed by atoms with van der Waals surface area (Å²) in [6.07, 6.45) is 0. The Morgan fingerprint density at radius 1 is 1.44 bits per heavy atom. The van der Waals surface area contributed by atoms with Crippen molar-refractivity contribution in [1.29, 1.82) is 0 Å². The van der Waals surface area contributed by atoms with Crippen LogP contribution in [0.1, 0.15) is 0 Å². The van der Waals surface area contributed by atoms with Gasteiger partial charge in [0.25, 0.3) is 0 Å². The van der Waals surface area contributed by atoms with Crippen LogP contribution in [0.3, 0.4) is 0 Å². The van der Waals surface area contributed by atoms with E-state index in [1.165, 1.54) is 17.2 Å². The van der Waals surface area contributed by atoms with E-state index < -0.39 is 9.84 Å². The smallest absolute Gasteiger partial charge is 0.192 e. The van der Waals surface area contributed by atoms with Crippen LogP contribution in [0.2, 0.25) is 5.02 Å². The van der Waals surface area contributed by atoms with Gasteiger partial charge in [0.2, 0.25) is 0 Å². The second kappa shape index (κ2) is 5.91. The number of halogens is 2. The van der Waals surface area contributed by atoms with Crippen molar-refractivity contribution < 1.29 is 8.42 Å². The van der Waals surface area contributed by atoms with Crippen molar-refractivity contribution >= 4 is 49.1 Å². The SMILES string of the molecule is C=CS(=O)(=O)/C=C/Sc1ccc(Br)cc1Cl. The predicted octanol–water partition coefficient (Wildman–Crippen LogP) is 4.22. The van der Waals surface area contributed by atoms with Gasteiger partial charge >= 0.3 is 0 Å². The molecule has 0 atom stereocenters. The Kier molecular flexibility index (Phi) is 5.11. The van der Waals surface area contributed by atoms with Gasteiger partial charge in [0.05, 0.1) is 5.02 Å². The van der Waals surface area contributed by atoms with Gasteiger partial charge in [-0.05, 0) is 23.6 Å². The van der Waals surface area contributed by atoms with Crippen LogP contribution in [0.5, 0.6) is 0 Å². The maximum absolute atomic E-state index is 11.1. The molecule has 0 amide bonds. The third-order valence-corrected chi connectivity index (χ3v) is 4.52. The van der Waals surface area contributed by atoms with Crippen LogP contribution < -0.4 is 0 Å². The molecule has 86 valence electrons. The summed E-state index contributed by atoms with van der Waals surface area (Å²) in [5.74, 6) is 0. The fraction of sp³-hybridized carbons (Fsp3) is 0. The van der Waals surface area contributed by atoms with Crippen LogP contribution in [0.15, 0.2) is 50.4 Å². The molecule has 1 aromatic carbocycles. The van der Waals surface area contributed by atoms with Crippen molar-refractivity contribution in [3.05, 3.63) is 50.5 Å². The summed E-state index contributed by atoms with van der Waals surface area (Å²) in [7, 11) is -3.30. The Balaban J connectivity index is 2.80. The van der Waals surface area contributed by atoms with Gasteiger partial charge in [-0.1, -0.05) is 45.9 Å². The van der Waals surface area contributed by atoms with E-state index in [0.29, 0.717) is 5.02 Å². The van der Waals surface area contributed by atoms with E-state index in [4.69, 9.17) is 11.6 Å². The van der Waals surface area contributed by atoms with Gasteiger partial charge in [-0.15, -0.1) is 0 Å². The van der Waals surface area contributed by atoms with E-state index in [2.05, 4.69) is 22.5 Å². The zero-order valence-electron chi connectivity index (χ0n) is 8.06. The molecule has 16 heavy (non-hydrogen) atoms. The summed E-state index contributed by atoms with van der Waals surface area (Å²) in [6, 6.07) is 5.39. The monoisotopic (exact) mass is 338 g/mol. The molecule has 0 radical (unpaired) electrons. The summed E-state index contributed by atoms with van der Waals surface area (Å²) in [6.45, 7) is 3.21. The second-order valence-corrected chi connectivity index (χ2v) is 6.77. The third-order valence-electron chi connectivity index (χ3n) is 1.57. The number of benzene rings is 1. The summed E-state index contributed by atoms with van der Waals surface area (Å²) in [5, 5.41) is 4.02. The third kappa shape index (κ3) is 4.33. The molecular weight excluding hydrogens is 332 g/mol. The van der Waals surface area contributed by atoms with Gasteiger partial charge in [-0.2, -0.15) is 0 Å². The lowest BCUT2D eigenvalue weighted by atomic mass is 10.4. The number of rotatable bonds is 4. The number of thioether (sulfide) groups is 1. The van der Waals surface area contributed by atoms with Gasteiger partial charge in [0, 0.05) is 20.2 Å². The van der Waals surface area contributed by atoms with Crippen molar-refractivity contribution in [3.63, 3.8) is 0 Å². The average molecular weight is 340 g/mol. The summed E-state index contributed by atoms with van der Waals surface area (Å²) >= 11 is 10.5. The average Bonchev–Trinajstić information content (AvgIpc) is 2.21. The molecular formula is C10H8BrClO2S2. The quantitative estimate of drug-likeness (QED) is 0.770. The summed E-state index contributed by atoms with van der Waals surface area (Å²) < 4.78 is 23.0. The summed E-state index contributed by atoms with van der Waals surface area (Å²) in [5.41, 5.74) is 0. The van der Waals surface area contributed by atoms with Crippen LogP contribution in [0.4, 0.5) is 0 Å². The molecule has 0 spiro atoms. The Labute approximate surface area is 112 Å². The maximum atomic E-state index is 11.1. The largest absolute Gasteiger partial charge is 0.220 e. The highest BCUT2D eigenvalue weighted by atomic mass is 79.9. The highest BCUT2D eigenvalue weighted by Gasteiger charge is 2.01. The molecule has 0 N–H and O–H groups in total. The fourth-order valence-electron chi connectivity index (χ4n) is 0.805. The predicted molar refractivity (Wildman–Crippen MR) is 73.3 cm³/mol. The zero-order chi connectivity index (χ0) is 12.2. The number of sulfone groups is 1. The first-order valence-corrected chi connectivity index (χ1v) is 7.76. The molecule has 1 aromatic rings. The van der Waals surface area contributed by atoms with Crippen molar-refractivity contribution in [2.45, 2.75) is 4.90 Å². The van der Waals surface area contributed by atoms with Crippen molar-refractivity contribution in [1.82, 2.24) is 0 Å². The normalized spacial score (nSPS) is 11.9. The zero-order valence-corrected chi connectivity index (χ0v) is 12.0. The van der Waals surface area contributed by atoms with Gasteiger partial charge in [-0.25, -0.2) is 8.42 Å². The van der Waals surface area contributed by atoms with E-state index >= 15 is 0 Å². The molecule has 0 saturated carbocycles. The van der Waals surface area contributed by atoms with Crippen molar-refractivity contribution in [3.8, 4) is 0 Å². The minimum absolute atomic E-state index is 0.569. The van der Waals surface area contributed by atoms with Crippen LogP contribution >= 0.6 is 39.3 Å². The minimum Gasteiger partial charge on any atom is -0.220 e. The van der Waals surface area contributed by atoms with Gasteiger partial charge in [0.1, 0.15) is 0 Å². The highest BCUT2D eigenvalue weighted by molar-refractivity contribution is 9.10. The molecule has 0 saturated heterocycles. The molecule has 0 aliphatic rings. The molecule has 0 bridgehead atoms. The van der Waals surface area contributed by atoms with Gasteiger partial charge in [-0.3, -0.25) is 0 Å². The summed E-state index contributed by atoms with van der Waals surface area (Å²) in [4.78, 5) is 0.792. The fourth-order valence-corrected chi connectivity index (χ4v) is 3.03. The van der Waals surface area contributed by atoms with Crippen molar-refractivity contribution in [2.24, 2.45) is 0 Å². The van der Waals surface area contributed by atoms with E-state index in [0.717, 1.165) is 20.2 Å². The Morgan fingerprint density at radius 3 is 2.69 bits per heavy atom. The number of hydrogen-bond donors (Lipinski definition) is 0. The molecule has 0 aliphatic carbocycles. The molecule has 6 heteroatoms. The minimum atomic E-state index is -3.30. The Hall–Kier alpha value is -0.230. The molecule has 0 fully saturated rings. The van der Waals surface area contributed by atoms with Crippen LogP contribution in [-0.2, 0) is 9.84 Å². The first-order chi connectivity index (χ1) is 7.44. The highest BCUT2D eigenvalue weighted by Crippen LogP contribution is 2.30. The maximum Gasteiger partial charge on any atom is 0.192 e. The van der Waals surface area contributed by atoms with E-state index in [9.17, 15) is 8.42 Å². The second-order valence-electron chi connectivity index (χ2n) is 2.72. The Bertz CT molecular complexity index is 524. The molecule has 0 unspecified atom stereocenters.